The van der Waals surface area contributed by atoms with Gasteiger partial charge in [-0.3, -0.25) is 0 Å². The summed E-state index contributed by atoms with van der Waals surface area (Å²) in [5, 5.41) is 12.2. The molecule has 18 heavy (non-hydrogen) atoms. The Balaban J connectivity index is 2.21. The van der Waals surface area contributed by atoms with E-state index in [1.807, 2.05) is 12.1 Å². The summed E-state index contributed by atoms with van der Waals surface area (Å²) < 4.78 is 5.14. The van der Waals surface area contributed by atoms with Gasteiger partial charge in [-0.1, -0.05) is 25.0 Å². The van der Waals surface area contributed by atoms with E-state index in [9.17, 15) is 0 Å². The van der Waals surface area contributed by atoms with E-state index < -0.39 is 0 Å². The molecule has 0 amide bonds. The van der Waals surface area contributed by atoms with Gasteiger partial charge in [0.15, 0.2) is 0 Å². The fourth-order valence-electron chi connectivity index (χ4n) is 1.92. The number of nitrogens with one attached hydrogen (secondary N) is 1. The van der Waals surface area contributed by atoms with Gasteiger partial charge in [-0.25, -0.2) is 0 Å². The summed E-state index contributed by atoms with van der Waals surface area (Å²) in [6, 6.07) is 8.56. The number of hydrogen-bond acceptors (Lipinski definition) is 3. The average molecular weight is 251 g/mol. The van der Waals surface area contributed by atoms with Crippen molar-refractivity contribution in [2.75, 3.05) is 20.3 Å². The van der Waals surface area contributed by atoms with Crippen LogP contribution in [0.5, 0.6) is 5.75 Å². The molecular weight excluding hydrogens is 226 g/mol. The van der Waals surface area contributed by atoms with Crippen LogP contribution >= 0.6 is 0 Å². The number of methoxy groups -OCH3 is 1. The minimum absolute atomic E-state index is 0.315. The maximum absolute atomic E-state index is 8.68. The first-order chi connectivity index (χ1) is 8.77. The van der Waals surface area contributed by atoms with E-state index in [-0.39, 0.29) is 0 Å². The fourth-order valence-corrected chi connectivity index (χ4v) is 1.92. The summed E-state index contributed by atoms with van der Waals surface area (Å²) in [4.78, 5) is 0. The topological polar surface area (TPSA) is 41.5 Å². The summed E-state index contributed by atoms with van der Waals surface area (Å²) in [6.07, 6.45) is 4.40. The molecular formula is C15H25NO2. The van der Waals surface area contributed by atoms with Crippen LogP contribution in [0.1, 0.15) is 44.2 Å². The van der Waals surface area contributed by atoms with Crippen molar-refractivity contribution in [2.45, 2.75) is 38.6 Å². The van der Waals surface area contributed by atoms with Gasteiger partial charge >= 0.3 is 0 Å². The van der Waals surface area contributed by atoms with Gasteiger partial charge in [-0.2, -0.15) is 0 Å². The average Bonchev–Trinajstić information content (AvgIpc) is 2.42. The Morgan fingerprint density at radius 2 is 1.78 bits per heavy atom. The minimum Gasteiger partial charge on any atom is -0.497 e. The molecule has 0 saturated carbocycles. The zero-order chi connectivity index (χ0) is 13.2. The van der Waals surface area contributed by atoms with Gasteiger partial charge in [0.05, 0.1) is 7.11 Å². The van der Waals surface area contributed by atoms with Gasteiger partial charge in [-0.05, 0) is 44.0 Å². The van der Waals surface area contributed by atoms with Crippen molar-refractivity contribution in [3.63, 3.8) is 0 Å². The third kappa shape index (κ3) is 5.52. The maximum Gasteiger partial charge on any atom is 0.118 e. The predicted octanol–water partition coefficient (Wildman–Crippen LogP) is 2.90. The number of ether oxygens (including phenoxy) is 1. The zero-order valence-corrected chi connectivity index (χ0v) is 11.5. The summed E-state index contributed by atoms with van der Waals surface area (Å²) in [6.45, 7) is 3.52. The zero-order valence-electron chi connectivity index (χ0n) is 11.5. The van der Waals surface area contributed by atoms with Crippen LogP contribution in [0.3, 0.4) is 0 Å². The van der Waals surface area contributed by atoms with E-state index in [0.29, 0.717) is 12.6 Å². The van der Waals surface area contributed by atoms with E-state index in [2.05, 4.69) is 24.4 Å². The van der Waals surface area contributed by atoms with Gasteiger partial charge in [0.2, 0.25) is 0 Å². The second kappa shape index (κ2) is 8.95. The van der Waals surface area contributed by atoms with Crippen LogP contribution in [0.2, 0.25) is 0 Å². The summed E-state index contributed by atoms with van der Waals surface area (Å²) in [5.74, 6) is 0.898. The van der Waals surface area contributed by atoms with Crippen LogP contribution in [-0.2, 0) is 0 Å². The molecule has 0 fully saturated rings. The highest BCUT2D eigenvalue weighted by atomic mass is 16.5. The Kier molecular flexibility index (Phi) is 7.46. The van der Waals surface area contributed by atoms with Crippen LogP contribution in [0.4, 0.5) is 0 Å². The molecule has 0 heterocycles. The van der Waals surface area contributed by atoms with E-state index in [1.165, 1.54) is 18.4 Å². The number of benzene rings is 1. The largest absolute Gasteiger partial charge is 0.497 e. The number of aliphatic hydroxyl groups excluding tert-OH is 1. The van der Waals surface area contributed by atoms with Crippen LogP contribution in [0.25, 0.3) is 0 Å². The van der Waals surface area contributed by atoms with Gasteiger partial charge < -0.3 is 15.2 Å². The molecule has 3 nitrogen and oxygen atoms in total. The van der Waals surface area contributed by atoms with Crippen molar-refractivity contribution in [3.8, 4) is 5.75 Å². The molecule has 0 aromatic heterocycles. The Labute approximate surface area is 110 Å². The summed E-state index contributed by atoms with van der Waals surface area (Å²) in [7, 11) is 1.68. The van der Waals surface area contributed by atoms with Gasteiger partial charge in [0.25, 0.3) is 0 Å². The second-order valence-corrected chi connectivity index (χ2v) is 4.59. The monoisotopic (exact) mass is 251 g/mol. The Bertz CT molecular complexity index is 311. The SMILES string of the molecule is COc1ccc(C(C)NCCCCCCO)cc1. The normalized spacial score (nSPS) is 12.4. The summed E-state index contributed by atoms with van der Waals surface area (Å²) in [5.41, 5.74) is 1.28. The Morgan fingerprint density at radius 3 is 2.39 bits per heavy atom. The Hall–Kier alpha value is -1.06. The molecule has 102 valence electrons. The predicted molar refractivity (Wildman–Crippen MR) is 75.0 cm³/mol. The van der Waals surface area contributed by atoms with Crippen LogP contribution in [0.15, 0.2) is 24.3 Å². The highest BCUT2D eigenvalue weighted by Crippen LogP contribution is 2.17. The second-order valence-electron chi connectivity index (χ2n) is 4.59. The van der Waals surface area contributed by atoms with E-state index in [1.54, 1.807) is 7.11 Å². The minimum atomic E-state index is 0.315. The molecule has 2 N–H and O–H groups in total. The number of hydrogen-bond donors (Lipinski definition) is 2. The molecule has 0 aliphatic heterocycles. The van der Waals surface area contributed by atoms with Crippen molar-refractivity contribution in [2.24, 2.45) is 0 Å². The van der Waals surface area contributed by atoms with Crippen LogP contribution in [0, 0.1) is 0 Å². The molecule has 0 spiro atoms. The first-order valence-electron chi connectivity index (χ1n) is 6.76. The van der Waals surface area contributed by atoms with E-state index >= 15 is 0 Å². The van der Waals surface area contributed by atoms with E-state index in [0.717, 1.165) is 25.1 Å². The molecule has 0 saturated heterocycles. The number of aliphatic hydroxyl groups is 1. The molecule has 1 aromatic carbocycles. The van der Waals surface area contributed by atoms with Crippen molar-refractivity contribution in [1.29, 1.82) is 0 Å². The number of unbranched alkanes of at least 4 members (excludes halogenated alkanes) is 3. The standard InChI is InChI=1S/C15H25NO2/c1-13(16-11-5-3-4-6-12-17)14-7-9-15(18-2)10-8-14/h7-10,13,16-17H,3-6,11-12H2,1-2H3. The van der Waals surface area contributed by atoms with Crippen LogP contribution in [-0.4, -0.2) is 25.4 Å². The smallest absolute Gasteiger partial charge is 0.118 e. The molecule has 0 radical (unpaired) electrons. The lowest BCUT2D eigenvalue weighted by atomic mass is 10.1. The van der Waals surface area contributed by atoms with Crippen LogP contribution < -0.4 is 10.1 Å². The third-order valence-corrected chi connectivity index (χ3v) is 3.15. The molecule has 1 rings (SSSR count). The molecule has 0 bridgehead atoms. The molecule has 0 aliphatic carbocycles. The molecule has 1 unspecified atom stereocenters. The highest BCUT2D eigenvalue weighted by molar-refractivity contribution is 5.28. The fraction of sp³-hybridized carbons (Fsp3) is 0.600. The molecule has 1 atom stereocenters. The molecule has 3 heteroatoms. The maximum atomic E-state index is 8.68. The first kappa shape index (κ1) is 15.0. The Morgan fingerprint density at radius 1 is 1.11 bits per heavy atom. The van der Waals surface area contributed by atoms with Gasteiger partial charge in [0.1, 0.15) is 5.75 Å². The molecule has 0 aliphatic rings. The summed E-state index contributed by atoms with van der Waals surface area (Å²) >= 11 is 0. The number of rotatable bonds is 9. The lowest BCUT2D eigenvalue weighted by Crippen LogP contribution is -2.19. The lowest BCUT2D eigenvalue weighted by Gasteiger charge is -2.14. The quantitative estimate of drug-likeness (QED) is 0.663. The first-order valence-corrected chi connectivity index (χ1v) is 6.76. The van der Waals surface area contributed by atoms with Gasteiger partial charge in [-0.15, -0.1) is 0 Å². The van der Waals surface area contributed by atoms with Crippen molar-refractivity contribution in [3.05, 3.63) is 29.8 Å². The van der Waals surface area contributed by atoms with Crippen molar-refractivity contribution >= 4 is 0 Å². The lowest BCUT2D eigenvalue weighted by molar-refractivity contribution is 0.282. The third-order valence-electron chi connectivity index (χ3n) is 3.15. The van der Waals surface area contributed by atoms with E-state index in [4.69, 9.17) is 9.84 Å². The molecule has 1 aromatic rings. The van der Waals surface area contributed by atoms with Crippen molar-refractivity contribution < 1.29 is 9.84 Å². The van der Waals surface area contributed by atoms with Crippen molar-refractivity contribution in [1.82, 2.24) is 5.32 Å². The van der Waals surface area contributed by atoms with Gasteiger partial charge in [0, 0.05) is 12.6 Å². The highest BCUT2D eigenvalue weighted by Gasteiger charge is 2.04.